The Labute approximate surface area is 162 Å². The maximum atomic E-state index is 11.6. The lowest BCUT2D eigenvalue weighted by Crippen LogP contribution is -1.93. The molecule has 0 amide bonds. The fourth-order valence-corrected chi connectivity index (χ4v) is 3.64. The third kappa shape index (κ3) is 2.78. The average Bonchev–Trinajstić information content (AvgIpc) is 3.17. The van der Waals surface area contributed by atoms with E-state index in [4.69, 9.17) is 0 Å². The molecule has 0 bridgehead atoms. The molecule has 5 aromatic rings. The number of nitrogens with zero attached hydrogens (tertiary/aromatic N) is 2. The second-order valence-electron chi connectivity index (χ2n) is 6.99. The molecule has 0 aliphatic rings. The molecule has 0 aliphatic carbocycles. The molecule has 0 fully saturated rings. The number of hydrogen-bond donors (Lipinski definition) is 0. The summed E-state index contributed by atoms with van der Waals surface area (Å²) in [5.41, 5.74) is 6.20. The Balaban J connectivity index is 1.59. The van der Waals surface area contributed by atoms with Crippen LogP contribution in [-0.4, -0.2) is 15.3 Å². The van der Waals surface area contributed by atoms with Gasteiger partial charge in [0.05, 0.1) is 11.0 Å². The highest BCUT2D eigenvalue weighted by Crippen LogP contribution is 2.28. The summed E-state index contributed by atoms with van der Waals surface area (Å²) in [6.45, 7) is 1.60. The number of imidazole rings is 1. The van der Waals surface area contributed by atoms with Crippen LogP contribution in [0.3, 0.4) is 0 Å². The van der Waals surface area contributed by atoms with Crippen molar-refractivity contribution in [3.05, 3.63) is 96.8 Å². The molecule has 0 unspecified atom stereocenters. The number of rotatable bonds is 3. The Kier molecular flexibility index (Phi) is 3.80. The normalized spacial score (nSPS) is 11.2. The lowest BCUT2D eigenvalue weighted by Gasteiger charge is -2.09. The maximum absolute atomic E-state index is 11.6. The van der Waals surface area contributed by atoms with Crippen LogP contribution in [0.4, 0.5) is 0 Å². The lowest BCUT2D eigenvalue weighted by molar-refractivity contribution is 0.101. The standard InChI is InChI=1S/C25H18N2O/c1-17(28)18-9-10-22-14-21(12-11-20(22)13-18)19-5-4-6-23(15-19)27-16-26-24-7-2-3-8-25(24)27/h2-16H,1H3. The van der Waals surface area contributed by atoms with E-state index in [1.165, 1.54) is 0 Å². The van der Waals surface area contributed by atoms with Gasteiger partial charge in [-0.25, -0.2) is 4.98 Å². The van der Waals surface area contributed by atoms with E-state index in [0.717, 1.165) is 44.2 Å². The summed E-state index contributed by atoms with van der Waals surface area (Å²) >= 11 is 0. The Hall–Kier alpha value is -3.72. The number of aromatic nitrogens is 2. The molecule has 1 heterocycles. The Bertz CT molecular complexity index is 1350. The van der Waals surface area contributed by atoms with Crippen molar-refractivity contribution in [2.45, 2.75) is 6.92 Å². The van der Waals surface area contributed by atoms with Gasteiger partial charge in [-0.05, 0) is 65.2 Å². The zero-order chi connectivity index (χ0) is 19.1. The van der Waals surface area contributed by atoms with E-state index in [9.17, 15) is 4.79 Å². The van der Waals surface area contributed by atoms with Crippen LogP contribution < -0.4 is 0 Å². The third-order valence-electron chi connectivity index (χ3n) is 5.16. The van der Waals surface area contributed by atoms with Gasteiger partial charge in [0.15, 0.2) is 5.78 Å². The number of carbonyl (C=O) groups excluding carboxylic acids is 1. The summed E-state index contributed by atoms with van der Waals surface area (Å²) in [5, 5.41) is 2.20. The van der Waals surface area contributed by atoms with Crippen molar-refractivity contribution >= 4 is 27.6 Å². The van der Waals surface area contributed by atoms with Crippen LogP contribution in [0.25, 0.3) is 38.6 Å². The highest BCUT2D eigenvalue weighted by Gasteiger charge is 2.07. The SMILES string of the molecule is CC(=O)c1ccc2cc(-c3cccc(-n4cnc5ccccc54)c3)ccc2c1. The molecule has 5 rings (SSSR count). The summed E-state index contributed by atoms with van der Waals surface area (Å²) in [6, 6.07) is 28.8. The van der Waals surface area contributed by atoms with Gasteiger partial charge < -0.3 is 0 Å². The summed E-state index contributed by atoms with van der Waals surface area (Å²) < 4.78 is 2.11. The van der Waals surface area contributed by atoms with Gasteiger partial charge in [0, 0.05) is 11.3 Å². The first-order valence-corrected chi connectivity index (χ1v) is 9.27. The first-order valence-electron chi connectivity index (χ1n) is 9.27. The fourth-order valence-electron chi connectivity index (χ4n) is 3.64. The van der Waals surface area contributed by atoms with E-state index >= 15 is 0 Å². The molecule has 4 aromatic carbocycles. The Morgan fingerprint density at radius 3 is 2.46 bits per heavy atom. The topological polar surface area (TPSA) is 34.9 Å². The monoisotopic (exact) mass is 362 g/mol. The van der Waals surface area contributed by atoms with Crippen LogP contribution in [0.2, 0.25) is 0 Å². The van der Waals surface area contributed by atoms with Crippen LogP contribution in [-0.2, 0) is 0 Å². The van der Waals surface area contributed by atoms with Crippen molar-refractivity contribution in [3.8, 4) is 16.8 Å². The van der Waals surface area contributed by atoms with Gasteiger partial charge >= 0.3 is 0 Å². The van der Waals surface area contributed by atoms with Gasteiger partial charge in [0.2, 0.25) is 0 Å². The molecule has 3 heteroatoms. The molecule has 0 radical (unpaired) electrons. The highest BCUT2D eigenvalue weighted by molar-refractivity contribution is 5.99. The minimum Gasteiger partial charge on any atom is -0.299 e. The Morgan fingerprint density at radius 1 is 0.786 bits per heavy atom. The largest absolute Gasteiger partial charge is 0.299 e. The second-order valence-corrected chi connectivity index (χ2v) is 6.99. The first-order chi connectivity index (χ1) is 13.7. The maximum Gasteiger partial charge on any atom is 0.159 e. The zero-order valence-corrected chi connectivity index (χ0v) is 15.5. The van der Waals surface area contributed by atoms with E-state index < -0.39 is 0 Å². The number of para-hydroxylation sites is 2. The van der Waals surface area contributed by atoms with Crippen molar-refractivity contribution in [1.29, 1.82) is 0 Å². The summed E-state index contributed by atoms with van der Waals surface area (Å²) in [6.07, 6.45) is 1.87. The molecule has 0 spiro atoms. The molecule has 0 aliphatic heterocycles. The third-order valence-corrected chi connectivity index (χ3v) is 5.16. The Morgan fingerprint density at radius 2 is 1.57 bits per heavy atom. The molecular weight excluding hydrogens is 344 g/mol. The van der Waals surface area contributed by atoms with Gasteiger partial charge in [0.1, 0.15) is 6.33 Å². The molecule has 1 aromatic heterocycles. The molecule has 0 N–H and O–H groups in total. The van der Waals surface area contributed by atoms with E-state index in [1.54, 1.807) is 6.92 Å². The quantitative estimate of drug-likeness (QED) is 0.366. The molecule has 28 heavy (non-hydrogen) atoms. The zero-order valence-electron chi connectivity index (χ0n) is 15.5. The predicted octanol–water partition coefficient (Wildman–Crippen LogP) is 6.05. The van der Waals surface area contributed by atoms with Crippen LogP contribution in [0.15, 0.2) is 91.3 Å². The number of ketones is 1. The number of Topliss-reactive ketones (excluding diaryl/α,β-unsaturated/α-hetero) is 1. The minimum absolute atomic E-state index is 0.0891. The van der Waals surface area contributed by atoms with E-state index in [1.807, 2.05) is 42.7 Å². The van der Waals surface area contributed by atoms with Crippen molar-refractivity contribution in [3.63, 3.8) is 0 Å². The number of hydrogen-bond acceptors (Lipinski definition) is 2. The first kappa shape index (κ1) is 16.5. The van der Waals surface area contributed by atoms with E-state index in [0.29, 0.717) is 0 Å². The number of carbonyl (C=O) groups is 1. The van der Waals surface area contributed by atoms with E-state index in [-0.39, 0.29) is 5.78 Å². The van der Waals surface area contributed by atoms with Gasteiger partial charge in [-0.1, -0.05) is 48.5 Å². The molecule has 0 saturated heterocycles. The van der Waals surface area contributed by atoms with Gasteiger partial charge in [-0.2, -0.15) is 0 Å². The average molecular weight is 362 g/mol. The van der Waals surface area contributed by atoms with Crippen molar-refractivity contribution in [2.75, 3.05) is 0 Å². The van der Waals surface area contributed by atoms with Crippen molar-refractivity contribution in [1.82, 2.24) is 9.55 Å². The smallest absolute Gasteiger partial charge is 0.159 e. The fraction of sp³-hybridized carbons (Fsp3) is 0.0400. The summed E-state index contributed by atoms with van der Waals surface area (Å²) in [5.74, 6) is 0.0891. The molecule has 3 nitrogen and oxygen atoms in total. The van der Waals surface area contributed by atoms with Crippen molar-refractivity contribution in [2.24, 2.45) is 0 Å². The van der Waals surface area contributed by atoms with Gasteiger partial charge in [-0.3, -0.25) is 9.36 Å². The summed E-state index contributed by atoms with van der Waals surface area (Å²) in [4.78, 5) is 16.1. The molecular formula is C25H18N2O. The van der Waals surface area contributed by atoms with Crippen LogP contribution in [0.5, 0.6) is 0 Å². The van der Waals surface area contributed by atoms with Gasteiger partial charge in [-0.15, -0.1) is 0 Å². The molecule has 0 atom stereocenters. The van der Waals surface area contributed by atoms with Gasteiger partial charge in [0.25, 0.3) is 0 Å². The van der Waals surface area contributed by atoms with Crippen LogP contribution >= 0.6 is 0 Å². The minimum atomic E-state index is 0.0891. The van der Waals surface area contributed by atoms with Crippen LogP contribution in [0, 0.1) is 0 Å². The number of benzene rings is 4. The number of fused-ring (bicyclic) bond motifs is 2. The second kappa shape index (κ2) is 6.46. The predicted molar refractivity (Wildman–Crippen MR) is 114 cm³/mol. The molecule has 134 valence electrons. The molecule has 0 saturated carbocycles. The van der Waals surface area contributed by atoms with Crippen LogP contribution in [0.1, 0.15) is 17.3 Å². The van der Waals surface area contributed by atoms with Crippen molar-refractivity contribution < 1.29 is 4.79 Å². The van der Waals surface area contributed by atoms with E-state index in [2.05, 4.69) is 58.1 Å². The highest BCUT2D eigenvalue weighted by atomic mass is 16.1. The lowest BCUT2D eigenvalue weighted by atomic mass is 9.99. The summed E-state index contributed by atoms with van der Waals surface area (Å²) in [7, 11) is 0.